The van der Waals surface area contributed by atoms with Gasteiger partial charge in [0.05, 0.1) is 24.6 Å². The lowest BCUT2D eigenvalue weighted by Gasteiger charge is -2.38. The molecule has 3 rings (SSSR count). The van der Waals surface area contributed by atoms with E-state index in [9.17, 15) is 13.2 Å². The number of sulfonamides is 1. The maximum absolute atomic E-state index is 12.9. The van der Waals surface area contributed by atoms with Gasteiger partial charge >= 0.3 is 0 Å². The van der Waals surface area contributed by atoms with Crippen LogP contribution in [0.3, 0.4) is 0 Å². The fraction of sp³-hybridized carbons (Fsp3) is 0.409. The summed E-state index contributed by atoms with van der Waals surface area (Å²) >= 11 is 0. The summed E-state index contributed by atoms with van der Waals surface area (Å²) in [5.74, 6) is 0.882. The van der Waals surface area contributed by atoms with Gasteiger partial charge in [-0.25, -0.2) is 8.42 Å². The molecule has 1 heterocycles. The van der Waals surface area contributed by atoms with E-state index in [0.717, 1.165) is 21.9 Å². The van der Waals surface area contributed by atoms with Gasteiger partial charge in [-0.1, -0.05) is 24.3 Å². The third-order valence-corrected chi connectivity index (χ3v) is 5.96. The van der Waals surface area contributed by atoms with E-state index in [1.807, 2.05) is 45.0 Å². The summed E-state index contributed by atoms with van der Waals surface area (Å²) in [5, 5.41) is 2.99. The number of amides is 1. The predicted molar refractivity (Wildman–Crippen MR) is 116 cm³/mol. The molecule has 0 saturated heterocycles. The van der Waals surface area contributed by atoms with Crippen molar-refractivity contribution in [3.05, 3.63) is 54.1 Å². The van der Waals surface area contributed by atoms with Crippen LogP contribution >= 0.6 is 0 Å². The lowest BCUT2D eigenvalue weighted by Crippen LogP contribution is -2.45. The molecule has 1 unspecified atom stereocenters. The third kappa shape index (κ3) is 5.24. The Morgan fingerprint density at radius 1 is 1.23 bits per heavy atom. The van der Waals surface area contributed by atoms with Crippen molar-refractivity contribution in [1.29, 1.82) is 0 Å². The standard InChI is InChI=1S/C22H28N2O5S/c1-5-28-17-10-8-9-16(13-17)24(30(4,26)27)15-21(25)23-19-14-22(2,3)29-20-12-7-6-11-18(19)20/h6-13,19H,5,14-15H2,1-4H3,(H,23,25). The van der Waals surface area contributed by atoms with Crippen LogP contribution in [0.15, 0.2) is 48.5 Å². The van der Waals surface area contributed by atoms with Crippen LogP contribution in [0.4, 0.5) is 5.69 Å². The number of nitrogens with zero attached hydrogens (tertiary/aromatic N) is 1. The molecule has 1 aliphatic heterocycles. The summed E-state index contributed by atoms with van der Waals surface area (Å²) < 4.78 is 37.4. The Morgan fingerprint density at radius 2 is 1.97 bits per heavy atom. The van der Waals surface area contributed by atoms with Crippen molar-refractivity contribution in [2.45, 2.75) is 38.8 Å². The molecule has 1 atom stereocenters. The van der Waals surface area contributed by atoms with E-state index in [-0.39, 0.29) is 18.5 Å². The first-order chi connectivity index (χ1) is 14.1. The van der Waals surface area contributed by atoms with Crippen molar-refractivity contribution in [1.82, 2.24) is 5.32 Å². The van der Waals surface area contributed by atoms with Crippen LogP contribution in [0.2, 0.25) is 0 Å². The second kappa shape index (κ2) is 8.55. The van der Waals surface area contributed by atoms with Gasteiger partial charge in [0.25, 0.3) is 0 Å². The van der Waals surface area contributed by atoms with Crippen LogP contribution < -0.4 is 19.1 Å². The number of nitrogens with one attached hydrogen (secondary N) is 1. The Labute approximate surface area is 178 Å². The van der Waals surface area contributed by atoms with E-state index in [2.05, 4.69) is 5.32 Å². The number of carbonyl (C=O) groups excluding carboxylic acids is 1. The van der Waals surface area contributed by atoms with Gasteiger partial charge < -0.3 is 14.8 Å². The van der Waals surface area contributed by atoms with Gasteiger partial charge in [0.15, 0.2) is 0 Å². The zero-order chi connectivity index (χ0) is 21.9. The number of fused-ring (bicyclic) bond motifs is 1. The number of para-hydroxylation sites is 1. The van der Waals surface area contributed by atoms with Crippen molar-refractivity contribution >= 4 is 21.6 Å². The highest BCUT2D eigenvalue weighted by atomic mass is 32.2. The quantitative estimate of drug-likeness (QED) is 0.726. The summed E-state index contributed by atoms with van der Waals surface area (Å²) in [6, 6.07) is 14.0. The van der Waals surface area contributed by atoms with E-state index in [1.54, 1.807) is 24.3 Å². The molecule has 1 amide bonds. The van der Waals surface area contributed by atoms with Crippen LogP contribution in [0.1, 0.15) is 38.8 Å². The molecular formula is C22H28N2O5S. The summed E-state index contributed by atoms with van der Waals surface area (Å²) in [6.07, 6.45) is 1.66. The largest absolute Gasteiger partial charge is 0.494 e. The molecule has 1 aliphatic rings. The first-order valence-corrected chi connectivity index (χ1v) is 11.7. The molecule has 8 heteroatoms. The Kier molecular flexibility index (Phi) is 6.26. The van der Waals surface area contributed by atoms with E-state index in [4.69, 9.17) is 9.47 Å². The van der Waals surface area contributed by atoms with Crippen molar-refractivity contribution < 1.29 is 22.7 Å². The van der Waals surface area contributed by atoms with E-state index < -0.39 is 15.6 Å². The van der Waals surface area contributed by atoms with Gasteiger partial charge in [-0.3, -0.25) is 9.10 Å². The van der Waals surface area contributed by atoms with Crippen LogP contribution in [0.25, 0.3) is 0 Å². The number of anilines is 1. The Balaban J connectivity index is 1.82. The first kappa shape index (κ1) is 22.0. The second-order valence-electron chi connectivity index (χ2n) is 7.92. The first-order valence-electron chi connectivity index (χ1n) is 9.87. The maximum Gasteiger partial charge on any atom is 0.241 e. The molecule has 2 aromatic rings. The summed E-state index contributed by atoms with van der Waals surface area (Å²) in [6.45, 7) is 5.91. The minimum atomic E-state index is -3.68. The monoisotopic (exact) mass is 432 g/mol. The smallest absolute Gasteiger partial charge is 0.241 e. The zero-order valence-electron chi connectivity index (χ0n) is 17.7. The van der Waals surface area contributed by atoms with Gasteiger partial charge in [0.2, 0.25) is 15.9 Å². The fourth-order valence-corrected chi connectivity index (χ4v) is 4.44. The number of carbonyl (C=O) groups is 1. The Hall–Kier alpha value is -2.74. The van der Waals surface area contributed by atoms with Gasteiger partial charge in [-0.05, 0) is 39.0 Å². The molecule has 162 valence electrons. The minimum absolute atomic E-state index is 0.270. The lowest BCUT2D eigenvalue weighted by molar-refractivity contribution is -0.120. The molecule has 7 nitrogen and oxygen atoms in total. The number of hydrogen-bond donors (Lipinski definition) is 1. The minimum Gasteiger partial charge on any atom is -0.494 e. The van der Waals surface area contributed by atoms with Crippen LogP contribution in [0, 0.1) is 0 Å². The predicted octanol–water partition coefficient (Wildman–Crippen LogP) is 3.27. The van der Waals surface area contributed by atoms with Gasteiger partial charge in [0, 0.05) is 18.1 Å². The van der Waals surface area contributed by atoms with E-state index >= 15 is 0 Å². The van der Waals surface area contributed by atoms with Crippen molar-refractivity contribution in [2.24, 2.45) is 0 Å². The molecule has 1 N–H and O–H groups in total. The highest BCUT2D eigenvalue weighted by molar-refractivity contribution is 7.92. The van der Waals surface area contributed by atoms with Gasteiger partial charge in [0.1, 0.15) is 23.6 Å². The third-order valence-electron chi connectivity index (χ3n) is 4.82. The highest BCUT2D eigenvalue weighted by Crippen LogP contribution is 2.39. The highest BCUT2D eigenvalue weighted by Gasteiger charge is 2.34. The number of ether oxygens (including phenoxy) is 2. The lowest BCUT2D eigenvalue weighted by atomic mass is 9.89. The summed E-state index contributed by atoms with van der Waals surface area (Å²) in [4.78, 5) is 12.9. The molecule has 2 aromatic carbocycles. The summed E-state index contributed by atoms with van der Waals surface area (Å²) in [7, 11) is -3.68. The maximum atomic E-state index is 12.9. The average Bonchev–Trinajstić information content (AvgIpc) is 2.65. The topological polar surface area (TPSA) is 84.9 Å². The van der Waals surface area contributed by atoms with Crippen LogP contribution in [-0.2, 0) is 14.8 Å². The van der Waals surface area contributed by atoms with Gasteiger partial charge in [-0.2, -0.15) is 0 Å². The number of benzene rings is 2. The van der Waals surface area contributed by atoms with Crippen molar-refractivity contribution in [2.75, 3.05) is 23.7 Å². The Morgan fingerprint density at radius 3 is 2.67 bits per heavy atom. The van der Waals surface area contributed by atoms with Crippen LogP contribution in [-0.4, -0.2) is 39.3 Å². The molecular weight excluding hydrogens is 404 g/mol. The Bertz CT molecular complexity index is 1020. The molecule has 0 fully saturated rings. The second-order valence-corrected chi connectivity index (χ2v) is 9.83. The molecule has 0 aromatic heterocycles. The molecule has 0 bridgehead atoms. The van der Waals surface area contributed by atoms with E-state index in [0.29, 0.717) is 24.5 Å². The van der Waals surface area contributed by atoms with E-state index in [1.165, 1.54) is 0 Å². The van der Waals surface area contributed by atoms with Gasteiger partial charge in [-0.15, -0.1) is 0 Å². The number of rotatable bonds is 7. The summed E-state index contributed by atoms with van der Waals surface area (Å²) in [5.41, 5.74) is 0.815. The van der Waals surface area contributed by atoms with Crippen LogP contribution in [0.5, 0.6) is 11.5 Å². The van der Waals surface area contributed by atoms with Crippen molar-refractivity contribution in [3.63, 3.8) is 0 Å². The molecule has 30 heavy (non-hydrogen) atoms. The fourth-order valence-electron chi connectivity index (χ4n) is 3.60. The molecule has 0 spiro atoms. The SMILES string of the molecule is CCOc1cccc(N(CC(=O)NC2CC(C)(C)Oc3ccccc32)S(C)(=O)=O)c1. The molecule has 0 aliphatic carbocycles. The van der Waals surface area contributed by atoms with Crippen molar-refractivity contribution in [3.8, 4) is 11.5 Å². The molecule has 0 radical (unpaired) electrons. The number of hydrogen-bond acceptors (Lipinski definition) is 5. The molecule has 0 saturated carbocycles. The average molecular weight is 433 g/mol. The normalized spacial score (nSPS) is 17.4. The zero-order valence-corrected chi connectivity index (χ0v) is 18.5.